The van der Waals surface area contributed by atoms with Gasteiger partial charge in [0.2, 0.25) is 0 Å². The lowest BCUT2D eigenvalue weighted by atomic mass is 10.2. The van der Waals surface area contributed by atoms with Gasteiger partial charge in [-0.25, -0.2) is 0 Å². The fraction of sp³-hybridized carbons (Fsp3) is 0.400. The third kappa shape index (κ3) is 5.51. The lowest BCUT2D eigenvalue weighted by Gasteiger charge is -2.02. The summed E-state index contributed by atoms with van der Waals surface area (Å²) in [5, 5.41) is 9.06. The van der Waals surface area contributed by atoms with E-state index in [4.69, 9.17) is 4.74 Å². The minimum absolute atomic E-state index is 0.0514. The standard InChI is InChI=1S/C8H9NO4.C2H6/c1-12-8-4-2-3-7(5-8)6-13-9(10)11;1-2/h2-5H,6H2,1H3;1-2H3. The zero-order chi connectivity index (χ0) is 11.7. The summed E-state index contributed by atoms with van der Waals surface area (Å²) in [6, 6.07) is 6.92. The number of methoxy groups -OCH3 is 1. The fourth-order valence-electron chi connectivity index (χ4n) is 0.889. The molecule has 0 amide bonds. The molecule has 0 spiro atoms. The van der Waals surface area contributed by atoms with Crippen LogP contribution in [-0.4, -0.2) is 12.2 Å². The van der Waals surface area contributed by atoms with Crippen molar-refractivity contribution in [3.05, 3.63) is 39.9 Å². The van der Waals surface area contributed by atoms with Gasteiger partial charge in [-0.05, 0) is 17.7 Å². The van der Waals surface area contributed by atoms with Crippen LogP contribution >= 0.6 is 0 Å². The van der Waals surface area contributed by atoms with Gasteiger partial charge >= 0.3 is 0 Å². The van der Waals surface area contributed by atoms with Crippen LogP contribution in [0.5, 0.6) is 5.75 Å². The van der Waals surface area contributed by atoms with E-state index in [1.54, 1.807) is 24.3 Å². The molecule has 0 radical (unpaired) electrons. The van der Waals surface area contributed by atoms with Crippen LogP contribution in [0, 0.1) is 10.1 Å². The van der Waals surface area contributed by atoms with E-state index in [2.05, 4.69) is 4.84 Å². The summed E-state index contributed by atoms with van der Waals surface area (Å²) in [5.41, 5.74) is 0.705. The predicted molar refractivity (Wildman–Crippen MR) is 56.1 cm³/mol. The van der Waals surface area contributed by atoms with Crippen molar-refractivity contribution in [2.75, 3.05) is 7.11 Å². The van der Waals surface area contributed by atoms with Gasteiger partial charge < -0.3 is 9.57 Å². The maximum absolute atomic E-state index is 9.88. The van der Waals surface area contributed by atoms with Crippen molar-refractivity contribution in [3.63, 3.8) is 0 Å². The molecular formula is C10H15NO4. The second kappa shape index (κ2) is 7.61. The molecule has 0 aliphatic carbocycles. The van der Waals surface area contributed by atoms with E-state index >= 15 is 0 Å². The highest BCUT2D eigenvalue weighted by Crippen LogP contribution is 2.12. The summed E-state index contributed by atoms with van der Waals surface area (Å²) in [6.45, 7) is 3.95. The molecule has 0 aliphatic heterocycles. The Balaban J connectivity index is 0.000000921. The van der Waals surface area contributed by atoms with Gasteiger partial charge in [0.15, 0.2) is 0 Å². The lowest BCUT2D eigenvalue weighted by molar-refractivity contribution is -0.763. The molecule has 0 unspecified atom stereocenters. The SMILES string of the molecule is CC.COc1cccc(CO[N+](=O)[O-])c1. The third-order valence-corrected chi connectivity index (χ3v) is 1.47. The molecule has 0 saturated heterocycles. The Hall–Kier alpha value is -1.78. The second-order valence-electron chi connectivity index (χ2n) is 2.35. The van der Waals surface area contributed by atoms with Gasteiger partial charge in [-0.3, -0.25) is 0 Å². The normalized spacial score (nSPS) is 8.47. The van der Waals surface area contributed by atoms with E-state index in [1.165, 1.54) is 7.11 Å². The zero-order valence-electron chi connectivity index (χ0n) is 9.10. The molecule has 0 bridgehead atoms. The van der Waals surface area contributed by atoms with Gasteiger partial charge in [-0.15, -0.1) is 10.1 Å². The van der Waals surface area contributed by atoms with Crippen molar-refractivity contribution in [2.45, 2.75) is 20.5 Å². The second-order valence-corrected chi connectivity index (χ2v) is 2.35. The summed E-state index contributed by atoms with van der Waals surface area (Å²) in [6.07, 6.45) is 0. The molecule has 84 valence electrons. The van der Waals surface area contributed by atoms with Crippen molar-refractivity contribution >= 4 is 0 Å². The minimum atomic E-state index is -0.820. The number of nitrogens with zero attached hydrogens (tertiary/aromatic N) is 1. The third-order valence-electron chi connectivity index (χ3n) is 1.47. The number of rotatable bonds is 4. The molecule has 1 rings (SSSR count). The van der Waals surface area contributed by atoms with Crippen LogP contribution in [-0.2, 0) is 11.4 Å². The lowest BCUT2D eigenvalue weighted by Crippen LogP contribution is -2.00. The molecule has 15 heavy (non-hydrogen) atoms. The van der Waals surface area contributed by atoms with E-state index in [-0.39, 0.29) is 6.61 Å². The summed E-state index contributed by atoms with van der Waals surface area (Å²) in [5.74, 6) is 0.657. The summed E-state index contributed by atoms with van der Waals surface area (Å²) in [4.78, 5) is 14.1. The van der Waals surface area contributed by atoms with Crippen LogP contribution in [0.4, 0.5) is 0 Å². The molecule has 1 aromatic rings. The van der Waals surface area contributed by atoms with E-state index in [9.17, 15) is 10.1 Å². The molecule has 0 fully saturated rings. The average molecular weight is 213 g/mol. The van der Waals surface area contributed by atoms with Crippen LogP contribution in [0.3, 0.4) is 0 Å². The monoisotopic (exact) mass is 213 g/mol. The summed E-state index contributed by atoms with van der Waals surface area (Å²) < 4.78 is 4.94. The van der Waals surface area contributed by atoms with Crippen molar-refractivity contribution in [3.8, 4) is 5.75 Å². The number of hydrogen-bond acceptors (Lipinski definition) is 4. The Kier molecular flexibility index (Phi) is 6.70. The maximum Gasteiger partial charge on any atom is 0.294 e. The van der Waals surface area contributed by atoms with E-state index in [0.29, 0.717) is 11.3 Å². The molecule has 5 heteroatoms. The largest absolute Gasteiger partial charge is 0.497 e. The van der Waals surface area contributed by atoms with Crippen LogP contribution in [0.25, 0.3) is 0 Å². The Morgan fingerprint density at radius 2 is 2.07 bits per heavy atom. The molecule has 0 N–H and O–H groups in total. The zero-order valence-corrected chi connectivity index (χ0v) is 9.10. The quantitative estimate of drug-likeness (QED) is 0.569. The van der Waals surface area contributed by atoms with Crippen molar-refractivity contribution in [2.24, 2.45) is 0 Å². The van der Waals surface area contributed by atoms with Crippen LogP contribution in [0.15, 0.2) is 24.3 Å². The molecule has 0 atom stereocenters. The fourth-order valence-corrected chi connectivity index (χ4v) is 0.889. The van der Waals surface area contributed by atoms with Crippen molar-refractivity contribution < 1.29 is 14.7 Å². The first-order chi connectivity index (χ1) is 7.22. The first-order valence-corrected chi connectivity index (χ1v) is 4.62. The highest BCUT2D eigenvalue weighted by molar-refractivity contribution is 5.27. The molecule has 5 nitrogen and oxygen atoms in total. The average Bonchev–Trinajstić information content (AvgIpc) is 2.29. The highest BCUT2D eigenvalue weighted by Gasteiger charge is 1.98. The number of benzene rings is 1. The molecule has 0 saturated carbocycles. The minimum Gasteiger partial charge on any atom is -0.497 e. The Morgan fingerprint density at radius 1 is 1.40 bits per heavy atom. The van der Waals surface area contributed by atoms with E-state index in [1.807, 2.05) is 13.8 Å². The van der Waals surface area contributed by atoms with E-state index < -0.39 is 5.09 Å². The van der Waals surface area contributed by atoms with Crippen LogP contribution in [0.1, 0.15) is 19.4 Å². The Labute approximate surface area is 88.7 Å². The predicted octanol–water partition coefficient (Wildman–Crippen LogP) is 2.43. The van der Waals surface area contributed by atoms with Crippen LogP contribution in [0.2, 0.25) is 0 Å². The molecular weight excluding hydrogens is 198 g/mol. The van der Waals surface area contributed by atoms with Gasteiger partial charge in [-0.1, -0.05) is 26.0 Å². The van der Waals surface area contributed by atoms with Crippen LogP contribution < -0.4 is 4.74 Å². The smallest absolute Gasteiger partial charge is 0.294 e. The van der Waals surface area contributed by atoms with Gasteiger partial charge in [0.05, 0.1) is 7.11 Å². The first kappa shape index (κ1) is 13.2. The Bertz CT molecular complexity index is 301. The topological polar surface area (TPSA) is 61.6 Å². The van der Waals surface area contributed by atoms with Gasteiger partial charge in [-0.2, -0.15) is 0 Å². The van der Waals surface area contributed by atoms with Crippen molar-refractivity contribution in [1.82, 2.24) is 0 Å². The summed E-state index contributed by atoms with van der Waals surface area (Å²) in [7, 11) is 1.54. The summed E-state index contributed by atoms with van der Waals surface area (Å²) >= 11 is 0. The number of hydrogen-bond donors (Lipinski definition) is 0. The molecule has 0 heterocycles. The first-order valence-electron chi connectivity index (χ1n) is 4.62. The molecule has 1 aromatic carbocycles. The van der Waals surface area contributed by atoms with Gasteiger partial charge in [0, 0.05) is 0 Å². The van der Waals surface area contributed by atoms with Crippen molar-refractivity contribution in [1.29, 1.82) is 0 Å². The molecule has 0 aliphatic rings. The maximum atomic E-state index is 9.88. The highest BCUT2D eigenvalue weighted by atomic mass is 16.9. The van der Waals surface area contributed by atoms with E-state index in [0.717, 1.165) is 0 Å². The van der Waals surface area contributed by atoms with Gasteiger partial charge in [0.1, 0.15) is 12.4 Å². The molecule has 0 aromatic heterocycles. The van der Waals surface area contributed by atoms with Gasteiger partial charge in [0.25, 0.3) is 5.09 Å². The number of ether oxygens (including phenoxy) is 1. The Morgan fingerprint density at radius 3 is 2.60 bits per heavy atom.